The van der Waals surface area contributed by atoms with Crippen molar-refractivity contribution in [3.05, 3.63) is 76.2 Å². The lowest BCUT2D eigenvalue weighted by Gasteiger charge is -2.14. The van der Waals surface area contributed by atoms with Gasteiger partial charge in [-0.05, 0) is 73.0 Å². The van der Waals surface area contributed by atoms with Gasteiger partial charge in [-0.1, -0.05) is 0 Å². The van der Waals surface area contributed by atoms with Gasteiger partial charge in [0, 0.05) is 42.9 Å². The molecule has 6 nitrogen and oxygen atoms in total. The molecule has 1 aliphatic carbocycles. The number of nitrogens with zero attached hydrogens (tertiary/aromatic N) is 5. The van der Waals surface area contributed by atoms with Crippen LogP contribution in [0.25, 0.3) is 22.9 Å². The Morgan fingerprint density at radius 3 is 2.39 bits per heavy atom. The maximum absolute atomic E-state index is 9.75. The third kappa shape index (κ3) is 3.15. The van der Waals surface area contributed by atoms with Crippen LogP contribution in [0.15, 0.2) is 48.2 Å². The standard InChI is InChI=1S/C25H22N6/c1-15-20(23-16(2)22(14-27)25(28)29-24(23)21(15)13-26)12-19-6-5-11-31(19)18-9-7-17(8-10-18)30(3)4/h5-12H,1-4H3,(H2,28,29)/b20-12-. The van der Waals surface area contributed by atoms with Gasteiger partial charge in [-0.2, -0.15) is 10.5 Å². The Hall–Kier alpha value is -4.29. The maximum atomic E-state index is 9.75. The van der Waals surface area contributed by atoms with Crippen molar-refractivity contribution in [2.75, 3.05) is 24.7 Å². The van der Waals surface area contributed by atoms with Gasteiger partial charge in [-0.25, -0.2) is 4.98 Å². The second kappa shape index (κ2) is 7.51. The summed E-state index contributed by atoms with van der Waals surface area (Å²) in [5.74, 6) is 0.157. The number of fused-ring (bicyclic) bond motifs is 1. The number of nitrogens with two attached hydrogens (primary N) is 1. The average Bonchev–Trinajstić information content (AvgIpc) is 3.31. The number of nitrogen functional groups attached to an aromatic ring is 1. The van der Waals surface area contributed by atoms with E-state index < -0.39 is 0 Å². The van der Waals surface area contributed by atoms with Gasteiger partial charge in [-0.15, -0.1) is 0 Å². The first kappa shape index (κ1) is 20.0. The molecule has 2 heterocycles. The summed E-state index contributed by atoms with van der Waals surface area (Å²) in [5.41, 5.74) is 13.8. The molecule has 0 atom stereocenters. The molecule has 4 rings (SSSR count). The van der Waals surface area contributed by atoms with Gasteiger partial charge in [0.2, 0.25) is 0 Å². The summed E-state index contributed by atoms with van der Waals surface area (Å²) in [6.45, 7) is 3.77. The van der Waals surface area contributed by atoms with Crippen molar-refractivity contribution in [1.29, 1.82) is 10.5 Å². The van der Waals surface area contributed by atoms with E-state index in [0.717, 1.165) is 39.3 Å². The molecule has 6 heteroatoms. The summed E-state index contributed by atoms with van der Waals surface area (Å²) in [7, 11) is 4.02. The molecule has 0 bridgehead atoms. The van der Waals surface area contributed by atoms with Crippen molar-refractivity contribution >= 4 is 28.7 Å². The van der Waals surface area contributed by atoms with Crippen molar-refractivity contribution in [1.82, 2.24) is 9.55 Å². The van der Waals surface area contributed by atoms with E-state index in [1.807, 2.05) is 52.3 Å². The van der Waals surface area contributed by atoms with Gasteiger partial charge < -0.3 is 15.2 Å². The Morgan fingerprint density at radius 1 is 1.06 bits per heavy atom. The highest BCUT2D eigenvalue weighted by Crippen LogP contribution is 2.44. The number of rotatable bonds is 3. The second-order valence-corrected chi connectivity index (χ2v) is 7.72. The summed E-state index contributed by atoms with van der Waals surface area (Å²) in [5, 5.41) is 19.3. The maximum Gasteiger partial charge on any atom is 0.142 e. The first-order chi connectivity index (χ1) is 14.9. The third-order valence-corrected chi connectivity index (χ3v) is 5.70. The molecule has 0 radical (unpaired) electrons. The van der Waals surface area contributed by atoms with Crippen molar-refractivity contribution < 1.29 is 0 Å². The van der Waals surface area contributed by atoms with Gasteiger partial charge in [0.1, 0.15) is 18.0 Å². The zero-order valence-electron chi connectivity index (χ0n) is 17.9. The molecule has 2 N–H and O–H groups in total. The number of pyridine rings is 1. The van der Waals surface area contributed by atoms with Crippen LogP contribution < -0.4 is 10.6 Å². The molecule has 0 amide bonds. The molecule has 0 unspecified atom stereocenters. The molecule has 2 aromatic heterocycles. The predicted molar refractivity (Wildman–Crippen MR) is 124 cm³/mol. The fourth-order valence-electron chi connectivity index (χ4n) is 4.00. The van der Waals surface area contributed by atoms with Gasteiger partial charge in [0.15, 0.2) is 0 Å². The SMILES string of the molecule is CC1=C(C#N)c2nc(N)c(C#N)c(C)c2/C1=C\c1cccn1-c1ccc(N(C)C)cc1. The van der Waals surface area contributed by atoms with Crippen LogP contribution >= 0.6 is 0 Å². The van der Waals surface area contributed by atoms with Crippen molar-refractivity contribution in [2.45, 2.75) is 13.8 Å². The van der Waals surface area contributed by atoms with Crippen LogP contribution in [0.4, 0.5) is 11.5 Å². The van der Waals surface area contributed by atoms with Crippen LogP contribution in [-0.4, -0.2) is 23.6 Å². The largest absolute Gasteiger partial charge is 0.383 e. The normalized spacial score (nSPS) is 13.8. The zero-order valence-corrected chi connectivity index (χ0v) is 17.9. The average molecular weight is 406 g/mol. The monoisotopic (exact) mass is 406 g/mol. The molecule has 1 aromatic carbocycles. The van der Waals surface area contributed by atoms with Crippen LogP contribution in [-0.2, 0) is 0 Å². The quantitative estimate of drug-likeness (QED) is 0.688. The van der Waals surface area contributed by atoms with Gasteiger partial charge in [0.05, 0.1) is 16.8 Å². The highest BCUT2D eigenvalue weighted by atomic mass is 15.1. The topological polar surface area (TPSA) is 94.7 Å². The van der Waals surface area contributed by atoms with Crippen LogP contribution in [0.2, 0.25) is 0 Å². The molecule has 0 fully saturated rings. The predicted octanol–water partition coefficient (Wildman–Crippen LogP) is 4.55. The lowest BCUT2D eigenvalue weighted by molar-refractivity contribution is 1.06. The minimum Gasteiger partial charge on any atom is -0.383 e. The van der Waals surface area contributed by atoms with E-state index in [1.54, 1.807) is 0 Å². The highest BCUT2D eigenvalue weighted by Gasteiger charge is 2.29. The Morgan fingerprint density at radius 2 is 1.77 bits per heavy atom. The fraction of sp³-hybridized carbons (Fsp3) is 0.160. The number of benzene rings is 1. The van der Waals surface area contributed by atoms with Crippen LogP contribution in [0.3, 0.4) is 0 Å². The summed E-state index contributed by atoms with van der Waals surface area (Å²) in [4.78, 5) is 6.46. The first-order valence-electron chi connectivity index (χ1n) is 9.86. The highest BCUT2D eigenvalue weighted by molar-refractivity contribution is 6.08. The molecule has 3 aromatic rings. The second-order valence-electron chi connectivity index (χ2n) is 7.72. The first-order valence-corrected chi connectivity index (χ1v) is 9.86. The summed E-state index contributed by atoms with van der Waals surface area (Å²) < 4.78 is 2.09. The number of hydrogen-bond donors (Lipinski definition) is 1. The van der Waals surface area contributed by atoms with Crippen LogP contribution in [0.5, 0.6) is 0 Å². The number of aromatic nitrogens is 2. The van der Waals surface area contributed by atoms with Crippen LogP contribution in [0, 0.1) is 29.6 Å². The van der Waals surface area contributed by atoms with Crippen LogP contribution in [0.1, 0.15) is 35.0 Å². The summed E-state index contributed by atoms with van der Waals surface area (Å²) in [6.07, 6.45) is 4.05. The number of allylic oxidation sites excluding steroid dienone is 3. The Balaban J connectivity index is 1.89. The van der Waals surface area contributed by atoms with E-state index in [9.17, 15) is 10.5 Å². The lowest BCUT2D eigenvalue weighted by atomic mass is 9.96. The molecule has 31 heavy (non-hydrogen) atoms. The number of hydrogen-bond acceptors (Lipinski definition) is 5. The molecular weight excluding hydrogens is 384 g/mol. The fourth-order valence-corrected chi connectivity index (χ4v) is 4.00. The molecule has 0 saturated heterocycles. The Bertz CT molecular complexity index is 1340. The Kier molecular flexibility index (Phi) is 4.85. The molecule has 1 aliphatic rings. The summed E-state index contributed by atoms with van der Waals surface area (Å²) in [6, 6.07) is 16.7. The van der Waals surface area contributed by atoms with E-state index in [1.165, 1.54) is 0 Å². The molecule has 152 valence electrons. The van der Waals surface area contributed by atoms with Crippen molar-refractivity contribution in [3.8, 4) is 17.8 Å². The van der Waals surface area contributed by atoms with E-state index in [4.69, 9.17) is 5.73 Å². The third-order valence-electron chi connectivity index (χ3n) is 5.70. The minimum atomic E-state index is 0.157. The van der Waals surface area contributed by atoms with E-state index in [2.05, 4.69) is 50.9 Å². The van der Waals surface area contributed by atoms with Crippen molar-refractivity contribution in [3.63, 3.8) is 0 Å². The smallest absolute Gasteiger partial charge is 0.142 e. The van der Waals surface area contributed by atoms with E-state index in [-0.39, 0.29) is 5.82 Å². The zero-order chi connectivity index (χ0) is 22.3. The summed E-state index contributed by atoms with van der Waals surface area (Å²) >= 11 is 0. The van der Waals surface area contributed by atoms with E-state index in [0.29, 0.717) is 16.8 Å². The minimum absolute atomic E-state index is 0.157. The van der Waals surface area contributed by atoms with E-state index >= 15 is 0 Å². The number of anilines is 2. The van der Waals surface area contributed by atoms with Gasteiger partial charge in [0.25, 0.3) is 0 Å². The van der Waals surface area contributed by atoms with Gasteiger partial charge in [-0.3, -0.25) is 0 Å². The molecular formula is C25H22N6. The Labute approximate surface area is 181 Å². The lowest BCUT2D eigenvalue weighted by Crippen LogP contribution is -2.08. The molecule has 0 aliphatic heterocycles. The molecule has 0 spiro atoms. The molecule has 0 saturated carbocycles. The van der Waals surface area contributed by atoms with Gasteiger partial charge >= 0.3 is 0 Å². The van der Waals surface area contributed by atoms with Crippen molar-refractivity contribution in [2.24, 2.45) is 0 Å². The number of nitriles is 2.